The predicted octanol–water partition coefficient (Wildman–Crippen LogP) is 2.73. The number of carbonyl (C=O) groups is 1. The van der Waals surface area contributed by atoms with Gasteiger partial charge in [-0.25, -0.2) is 0 Å². The van der Waals surface area contributed by atoms with Crippen LogP contribution in [0.3, 0.4) is 0 Å². The number of hydrogen-bond donors (Lipinski definition) is 1. The van der Waals surface area contributed by atoms with E-state index in [0.717, 1.165) is 5.56 Å². The molecular formula is C17H18CaN2O3S. The van der Waals surface area contributed by atoms with Gasteiger partial charge in [0.1, 0.15) is 16.1 Å². The first-order valence-electron chi connectivity index (χ1n) is 7.06. The maximum Gasteiger partial charge on any atom is 2.00 e. The number of anilines is 1. The average molecular weight is 370 g/mol. The fourth-order valence-corrected chi connectivity index (χ4v) is 3.60. The molecule has 0 radical (unpaired) electrons. The third-order valence-electron chi connectivity index (χ3n) is 3.91. The molecule has 0 aliphatic rings. The zero-order chi connectivity index (χ0) is 16.7. The van der Waals surface area contributed by atoms with E-state index in [-0.39, 0.29) is 51.9 Å². The van der Waals surface area contributed by atoms with Crippen molar-refractivity contribution in [2.24, 2.45) is 7.05 Å². The molecule has 0 aliphatic heterocycles. The number of carbonyl (C=O) groups excluding carboxylic acids is 1. The van der Waals surface area contributed by atoms with Crippen molar-refractivity contribution in [1.29, 1.82) is 0 Å². The van der Waals surface area contributed by atoms with Crippen LogP contribution in [0.2, 0.25) is 0 Å². The average Bonchev–Trinajstić information content (AvgIpc) is 2.95. The van der Waals surface area contributed by atoms with Crippen LogP contribution in [0.4, 0.5) is 5.69 Å². The summed E-state index contributed by atoms with van der Waals surface area (Å²) in [6.07, 6.45) is 0. The number of aromatic nitrogens is 1. The molecule has 5 nitrogen and oxygen atoms in total. The fraction of sp³-hybridized carbons (Fsp3) is 0.176. The van der Waals surface area contributed by atoms with E-state index in [4.69, 9.17) is 0 Å². The first-order chi connectivity index (χ1) is 10.9. The van der Waals surface area contributed by atoms with Crippen molar-refractivity contribution in [1.82, 2.24) is 4.57 Å². The van der Waals surface area contributed by atoms with Crippen molar-refractivity contribution < 1.29 is 12.8 Å². The van der Waals surface area contributed by atoms with Crippen LogP contribution in [-0.4, -0.2) is 60.4 Å². The van der Waals surface area contributed by atoms with Gasteiger partial charge in [-0.1, -0.05) is 18.2 Å². The zero-order valence-electron chi connectivity index (χ0n) is 15.7. The number of fused-ring (bicyclic) bond motifs is 1. The van der Waals surface area contributed by atoms with E-state index in [2.05, 4.69) is 0 Å². The summed E-state index contributed by atoms with van der Waals surface area (Å²) in [7, 11) is 3.20. The van der Waals surface area contributed by atoms with Gasteiger partial charge in [-0.3, -0.25) is 9.59 Å². The Bertz CT molecular complexity index is 974. The molecule has 122 valence electrons. The van der Waals surface area contributed by atoms with Crippen LogP contribution in [0.25, 0.3) is 10.2 Å². The zero-order valence-corrected chi connectivity index (χ0v) is 16.8. The summed E-state index contributed by atoms with van der Waals surface area (Å²) in [6.45, 7) is 1.85. The van der Waals surface area contributed by atoms with E-state index in [0.29, 0.717) is 15.9 Å². The summed E-state index contributed by atoms with van der Waals surface area (Å²) < 4.78 is 1.42. The summed E-state index contributed by atoms with van der Waals surface area (Å²) in [4.78, 5) is 27.3. The van der Waals surface area contributed by atoms with Gasteiger partial charge >= 0.3 is 37.7 Å². The molecule has 0 saturated carbocycles. The Kier molecular flexibility index (Phi) is 5.75. The molecule has 0 aliphatic carbocycles. The van der Waals surface area contributed by atoms with E-state index in [1.54, 1.807) is 26.2 Å². The van der Waals surface area contributed by atoms with Crippen LogP contribution in [0.1, 0.15) is 18.8 Å². The van der Waals surface area contributed by atoms with Gasteiger partial charge < -0.3 is 17.4 Å². The first-order valence-corrected chi connectivity index (χ1v) is 7.94. The van der Waals surface area contributed by atoms with E-state index in [1.807, 2.05) is 30.5 Å². The summed E-state index contributed by atoms with van der Waals surface area (Å²) in [6, 6.07) is 9.01. The number of para-hydroxylation sites is 1. The third-order valence-corrected chi connectivity index (χ3v) is 5.09. The van der Waals surface area contributed by atoms with Gasteiger partial charge in [0.25, 0.3) is 11.5 Å². The Balaban J connectivity index is 0.00000208. The number of amides is 1. The van der Waals surface area contributed by atoms with E-state index in [9.17, 15) is 14.7 Å². The monoisotopic (exact) mass is 370 g/mol. The van der Waals surface area contributed by atoms with E-state index >= 15 is 0 Å². The van der Waals surface area contributed by atoms with Gasteiger partial charge in [-0.2, -0.15) is 0 Å². The van der Waals surface area contributed by atoms with Crippen molar-refractivity contribution in [3.8, 4) is 5.75 Å². The number of benzene rings is 1. The molecule has 0 saturated heterocycles. The normalized spacial score (nSPS) is 10.5. The molecule has 3 aromatic rings. The molecule has 2 heterocycles. The van der Waals surface area contributed by atoms with Gasteiger partial charge in [-0.05, 0) is 30.0 Å². The second-order valence-corrected chi connectivity index (χ2v) is 6.24. The minimum atomic E-state index is -0.526. The SMILES string of the molecule is Cc1csc2c1c(O)c(C(=O)N(C)c1ccccc1)c(=O)n2C.[Ca+2].[H-].[H-]. The molecule has 1 aromatic carbocycles. The number of thiophene rings is 1. The van der Waals surface area contributed by atoms with Crippen LogP contribution in [0.15, 0.2) is 40.5 Å². The summed E-state index contributed by atoms with van der Waals surface area (Å²) in [5, 5.41) is 13.0. The smallest absolute Gasteiger partial charge is 1.00 e. The summed E-state index contributed by atoms with van der Waals surface area (Å²) >= 11 is 1.37. The van der Waals surface area contributed by atoms with Crippen LogP contribution in [0.5, 0.6) is 5.75 Å². The molecule has 24 heavy (non-hydrogen) atoms. The van der Waals surface area contributed by atoms with Crippen LogP contribution in [0, 0.1) is 6.92 Å². The van der Waals surface area contributed by atoms with Crippen LogP contribution in [-0.2, 0) is 7.05 Å². The van der Waals surface area contributed by atoms with Crippen molar-refractivity contribution in [3.05, 3.63) is 57.2 Å². The van der Waals surface area contributed by atoms with Gasteiger partial charge in [0, 0.05) is 19.8 Å². The Hall–Kier alpha value is -1.34. The Labute approximate surface area is 176 Å². The van der Waals surface area contributed by atoms with E-state index < -0.39 is 11.5 Å². The molecule has 0 atom stereocenters. The molecule has 0 bridgehead atoms. The quantitative estimate of drug-likeness (QED) is 0.706. The predicted molar refractivity (Wildman–Crippen MR) is 101 cm³/mol. The largest absolute Gasteiger partial charge is 2.00 e. The number of rotatable bonds is 2. The number of hydrogen-bond acceptors (Lipinski definition) is 4. The number of pyridine rings is 1. The van der Waals surface area contributed by atoms with Gasteiger partial charge in [-0.15, -0.1) is 11.3 Å². The molecular weight excluding hydrogens is 352 g/mol. The number of aryl methyl sites for hydroxylation is 2. The van der Waals surface area contributed by atoms with Crippen LogP contribution < -0.4 is 10.5 Å². The van der Waals surface area contributed by atoms with Gasteiger partial charge in [0.2, 0.25) is 0 Å². The van der Waals surface area contributed by atoms with Crippen LogP contribution >= 0.6 is 11.3 Å². The van der Waals surface area contributed by atoms with Crippen molar-refractivity contribution >= 4 is 70.9 Å². The summed E-state index contributed by atoms with van der Waals surface area (Å²) in [5.74, 6) is -0.767. The van der Waals surface area contributed by atoms with E-state index in [1.165, 1.54) is 20.8 Å². The second kappa shape index (κ2) is 7.27. The van der Waals surface area contributed by atoms with Crippen molar-refractivity contribution in [2.45, 2.75) is 6.92 Å². The maximum atomic E-state index is 12.8. The Morgan fingerprint density at radius 1 is 1.29 bits per heavy atom. The molecule has 0 unspecified atom stereocenters. The minimum absolute atomic E-state index is 0. The second-order valence-electron chi connectivity index (χ2n) is 5.39. The molecule has 2 aromatic heterocycles. The van der Waals surface area contributed by atoms with Gasteiger partial charge in [0.05, 0.1) is 5.39 Å². The minimum Gasteiger partial charge on any atom is -1.00 e. The molecule has 1 amide bonds. The molecule has 1 N–H and O–H groups in total. The fourth-order valence-electron chi connectivity index (χ4n) is 2.58. The standard InChI is InChI=1S/C17H16N2O3S.Ca.2H/c1-10-9-23-17-12(10)14(20)13(16(22)19(17)3)15(21)18(2)11-7-5-4-6-8-11;;;/h4-9,20H,1-3H3;;;/q;+2;2*-1. The molecule has 3 rings (SSSR count). The Morgan fingerprint density at radius 3 is 2.54 bits per heavy atom. The molecule has 0 fully saturated rings. The Morgan fingerprint density at radius 2 is 1.92 bits per heavy atom. The number of nitrogens with zero attached hydrogens (tertiary/aromatic N) is 2. The first kappa shape index (κ1) is 19.0. The topological polar surface area (TPSA) is 62.5 Å². The molecule has 0 spiro atoms. The summed E-state index contributed by atoms with van der Waals surface area (Å²) in [5.41, 5.74) is 0.799. The maximum absolute atomic E-state index is 12.8. The van der Waals surface area contributed by atoms with Crippen molar-refractivity contribution in [2.75, 3.05) is 11.9 Å². The van der Waals surface area contributed by atoms with Gasteiger partial charge in [0.15, 0.2) is 0 Å². The number of aromatic hydroxyl groups is 1. The molecule has 7 heteroatoms. The third kappa shape index (κ3) is 2.99. The van der Waals surface area contributed by atoms with Crippen molar-refractivity contribution in [3.63, 3.8) is 0 Å².